The summed E-state index contributed by atoms with van der Waals surface area (Å²) in [5, 5.41) is 7.00. The minimum Gasteiger partial charge on any atom is -0.407 e. The molecule has 3 aromatic heterocycles. The van der Waals surface area contributed by atoms with Gasteiger partial charge in [0.1, 0.15) is 11.0 Å². The summed E-state index contributed by atoms with van der Waals surface area (Å²) in [4.78, 5) is 22.5. The number of fused-ring (bicyclic) bond motifs is 2. The third-order valence-electron chi connectivity index (χ3n) is 2.96. The highest BCUT2D eigenvalue weighted by molar-refractivity contribution is 6.35. The lowest BCUT2D eigenvalue weighted by atomic mass is 10.1. The summed E-state index contributed by atoms with van der Waals surface area (Å²) in [5.41, 5.74) is 3.24. The predicted octanol–water partition coefficient (Wildman–Crippen LogP) is 2.11. The fourth-order valence-corrected chi connectivity index (χ4v) is 2.26. The van der Waals surface area contributed by atoms with Crippen LogP contribution in [-0.2, 0) is 0 Å². The number of nitrogens with zero attached hydrogens (tertiary/aromatic N) is 3. The molecule has 0 amide bonds. The van der Waals surface area contributed by atoms with Gasteiger partial charge in [0.2, 0.25) is 0 Å². The Morgan fingerprint density at radius 2 is 2.15 bits per heavy atom. The van der Waals surface area contributed by atoms with E-state index in [9.17, 15) is 4.79 Å². The zero-order valence-electron chi connectivity index (χ0n) is 9.85. The maximum Gasteiger partial charge on any atom is 0.417 e. The van der Waals surface area contributed by atoms with Crippen LogP contribution in [0.1, 0.15) is 0 Å². The van der Waals surface area contributed by atoms with Gasteiger partial charge in [0.25, 0.3) is 0 Å². The first-order valence-electron chi connectivity index (χ1n) is 5.70. The van der Waals surface area contributed by atoms with Crippen LogP contribution in [0.15, 0.2) is 33.7 Å². The first-order chi connectivity index (χ1) is 9.72. The molecule has 4 aromatic rings. The van der Waals surface area contributed by atoms with Crippen molar-refractivity contribution >= 4 is 33.9 Å². The normalized spacial score (nSPS) is 11.4. The zero-order chi connectivity index (χ0) is 13.7. The second-order valence-corrected chi connectivity index (χ2v) is 4.58. The highest BCUT2D eigenvalue weighted by Crippen LogP contribution is 2.30. The Morgan fingerprint density at radius 1 is 1.25 bits per heavy atom. The molecule has 3 heterocycles. The van der Waals surface area contributed by atoms with Gasteiger partial charge in [0, 0.05) is 5.56 Å². The van der Waals surface area contributed by atoms with Crippen LogP contribution in [-0.4, -0.2) is 25.1 Å². The van der Waals surface area contributed by atoms with E-state index < -0.39 is 5.76 Å². The zero-order valence-corrected chi connectivity index (χ0v) is 10.6. The molecule has 0 spiro atoms. The topological polar surface area (TPSA) is 100 Å². The maximum absolute atomic E-state index is 11.4. The van der Waals surface area contributed by atoms with Gasteiger partial charge >= 0.3 is 5.76 Å². The number of oxazole rings is 1. The minimum absolute atomic E-state index is 0.361. The summed E-state index contributed by atoms with van der Waals surface area (Å²) in [6, 6.07) is 3.41. The second-order valence-electron chi connectivity index (χ2n) is 4.17. The number of hydrogen-bond donors (Lipinski definition) is 2. The van der Waals surface area contributed by atoms with Crippen molar-refractivity contribution in [1.29, 1.82) is 0 Å². The molecule has 2 N–H and O–H groups in total. The van der Waals surface area contributed by atoms with Crippen molar-refractivity contribution < 1.29 is 4.42 Å². The van der Waals surface area contributed by atoms with E-state index in [2.05, 4.69) is 25.1 Å². The number of hydrogen-bond acceptors (Lipinski definition) is 5. The van der Waals surface area contributed by atoms with Gasteiger partial charge < -0.3 is 4.42 Å². The average molecular weight is 288 g/mol. The van der Waals surface area contributed by atoms with Gasteiger partial charge in [0.05, 0.1) is 23.1 Å². The smallest absolute Gasteiger partial charge is 0.407 e. The molecular formula is C12H6ClN5O2. The lowest BCUT2D eigenvalue weighted by Gasteiger charge is -2.01. The van der Waals surface area contributed by atoms with E-state index in [0.717, 1.165) is 0 Å². The molecule has 1 aromatic carbocycles. The molecule has 98 valence electrons. The molecule has 7 nitrogen and oxygen atoms in total. The first kappa shape index (κ1) is 11.2. The van der Waals surface area contributed by atoms with Crippen LogP contribution < -0.4 is 5.76 Å². The monoisotopic (exact) mass is 287 g/mol. The summed E-state index contributed by atoms with van der Waals surface area (Å²) in [6.07, 6.45) is 3.16. The van der Waals surface area contributed by atoms with E-state index in [1.165, 1.54) is 0 Å². The van der Waals surface area contributed by atoms with Gasteiger partial charge in [-0.05, 0) is 12.1 Å². The van der Waals surface area contributed by atoms with Crippen LogP contribution in [0.3, 0.4) is 0 Å². The summed E-state index contributed by atoms with van der Waals surface area (Å²) in [5.74, 6) is -0.563. The van der Waals surface area contributed by atoms with Gasteiger partial charge in [-0.3, -0.25) is 10.1 Å². The molecule has 0 radical (unpaired) electrons. The molecule has 0 bridgehead atoms. The Kier molecular flexibility index (Phi) is 2.19. The Balaban J connectivity index is 2.06. The van der Waals surface area contributed by atoms with Gasteiger partial charge in [-0.1, -0.05) is 11.6 Å². The summed E-state index contributed by atoms with van der Waals surface area (Å²) in [6.45, 7) is 0. The quantitative estimate of drug-likeness (QED) is 0.558. The molecule has 0 aliphatic rings. The van der Waals surface area contributed by atoms with Gasteiger partial charge in [-0.25, -0.2) is 14.8 Å². The average Bonchev–Trinajstić information content (AvgIpc) is 3.04. The summed E-state index contributed by atoms with van der Waals surface area (Å²) >= 11 is 6.03. The van der Waals surface area contributed by atoms with Crippen LogP contribution in [0.5, 0.6) is 0 Å². The van der Waals surface area contributed by atoms with E-state index in [0.29, 0.717) is 38.5 Å². The van der Waals surface area contributed by atoms with Crippen molar-refractivity contribution in [3.63, 3.8) is 0 Å². The number of halogens is 1. The lowest BCUT2D eigenvalue weighted by molar-refractivity contribution is 0.556. The molecule has 0 saturated carbocycles. The Morgan fingerprint density at radius 3 is 3.05 bits per heavy atom. The molecule has 20 heavy (non-hydrogen) atoms. The van der Waals surface area contributed by atoms with Crippen molar-refractivity contribution in [2.24, 2.45) is 0 Å². The van der Waals surface area contributed by atoms with Crippen molar-refractivity contribution in [2.45, 2.75) is 0 Å². The Labute approximate surface area is 115 Å². The van der Waals surface area contributed by atoms with E-state index in [-0.39, 0.29) is 0 Å². The van der Waals surface area contributed by atoms with Gasteiger partial charge in [-0.2, -0.15) is 5.10 Å². The Hall–Kier alpha value is -2.67. The van der Waals surface area contributed by atoms with Crippen molar-refractivity contribution in [1.82, 2.24) is 25.1 Å². The highest BCUT2D eigenvalue weighted by Gasteiger charge is 2.14. The SMILES string of the molecule is O=c1[nH]c2c(Cl)ccc(-c3cnc4[nH]ncc4n3)c2o1. The van der Waals surface area contributed by atoms with Crippen LogP contribution in [0.2, 0.25) is 5.02 Å². The van der Waals surface area contributed by atoms with Crippen molar-refractivity contribution in [3.8, 4) is 11.3 Å². The van der Waals surface area contributed by atoms with Crippen LogP contribution in [0.4, 0.5) is 0 Å². The largest absolute Gasteiger partial charge is 0.417 e. The van der Waals surface area contributed by atoms with E-state index in [1.807, 2.05) is 0 Å². The van der Waals surface area contributed by atoms with Crippen LogP contribution in [0.25, 0.3) is 33.5 Å². The highest BCUT2D eigenvalue weighted by atomic mass is 35.5. The van der Waals surface area contributed by atoms with Gasteiger partial charge in [0.15, 0.2) is 11.2 Å². The molecule has 0 atom stereocenters. The molecule has 0 saturated heterocycles. The third kappa shape index (κ3) is 1.53. The van der Waals surface area contributed by atoms with Gasteiger partial charge in [-0.15, -0.1) is 0 Å². The summed E-state index contributed by atoms with van der Waals surface area (Å²) in [7, 11) is 0. The molecule has 0 fully saturated rings. The Bertz CT molecular complexity index is 1000. The van der Waals surface area contributed by atoms with Crippen LogP contribution >= 0.6 is 11.6 Å². The summed E-state index contributed by atoms with van der Waals surface area (Å²) < 4.78 is 5.14. The molecule has 0 aliphatic carbocycles. The van der Waals surface area contributed by atoms with E-state index >= 15 is 0 Å². The number of H-pyrrole nitrogens is 2. The maximum atomic E-state index is 11.4. The number of rotatable bonds is 1. The molecular weight excluding hydrogens is 282 g/mol. The third-order valence-corrected chi connectivity index (χ3v) is 3.28. The van der Waals surface area contributed by atoms with E-state index in [4.69, 9.17) is 16.0 Å². The molecule has 8 heteroatoms. The predicted molar refractivity (Wildman–Crippen MR) is 72.5 cm³/mol. The minimum atomic E-state index is -0.563. The van der Waals surface area contributed by atoms with Crippen molar-refractivity contribution in [3.05, 3.63) is 40.1 Å². The second kappa shape index (κ2) is 3.91. The number of aromatic amines is 2. The number of benzene rings is 1. The first-order valence-corrected chi connectivity index (χ1v) is 6.08. The molecule has 4 rings (SSSR count). The molecule has 0 aliphatic heterocycles. The van der Waals surface area contributed by atoms with Crippen molar-refractivity contribution in [2.75, 3.05) is 0 Å². The number of nitrogens with one attached hydrogen (secondary N) is 2. The van der Waals surface area contributed by atoms with E-state index in [1.54, 1.807) is 24.5 Å². The molecule has 0 unspecified atom stereocenters. The fraction of sp³-hybridized carbons (Fsp3) is 0. The van der Waals surface area contributed by atoms with Crippen LogP contribution in [0, 0.1) is 0 Å². The number of aromatic nitrogens is 5. The fourth-order valence-electron chi connectivity index (χ4n) is 2.07. The standard InChI is InChI=1S/C12H6ClN5O2/c13-6-2-1-5(10-9(6)17-12(19)20-10)7-3-14-11-8(16-7)4-15-18-11/h1-4H,(H,17,19)(H,14,15,18). The lowest BCUT2D eigenvalue weighted by Crippen LogP contribution is -1.93.